The molecule has 0 aromatic heterocycles. The van der Waals surface area contributed by atoms with E-state index in [1.54, 1.807) is 23.4 Å². The highest BCUT2D eigenvalue weighted by Crippen LogP contribution is 2.35. The van der Waals surface area contributed by atoms with Crippen molar-refractivity contribution in [3.8, 4) is 11.5 Å². The first-order valence-corrected chi connectivity index (χ1v) is 8.51. The third kappa shape index (κ3) is 2.73. The van der Waals surface area contributed by atoms with Crippen LogP contribution >= 0.6 is 0 Å². The number of hydrogen-bond donors (Lipinski definition) is 0. The zero-order chi connectivity index (χ0) is 15.0. The Morgan fingerprint density at radius 1 is 1.00 bits per heavy atom. The van der Waals surface area contributed by atoms with Crippen LogP contribution < -0.4 is 9.47 Å². The second kappa shape index (κ2) is 5.47. The first-order valence-electron chi connectivity index (χ1n) is 7.07. The lowest BCUT2D eigenvalue weighted by molar-refractivity contribution is 0.170. The summed E-state index contributed by atoms with van der Waals surface area (Å²) >= 11 is 0. The number of sulfonamides is 1. The Bertz CT molecular complexity index is 637. The van der Waals surface area contributed by atoms with Gasteiger partial charge in [0.15, 0.2) is 11.5 Å². The molecule has 0 radical (unpaired) electrons. The van der Waals surface area contributed by atoms with Gasteiger partial charge in [0.25, 0.3) is 0 Å². The van der Waals surface area contributed by atoms with Crippen molar-refractivity contribution in [2.45, 2.75) is 11.8 Å². The highest BCUT2D eigenvalue weighted by molar-refractivity contribution is 7.89. The molecule has 116 valence electrons. The van der Waals surface area contributed by atoms with Crippen LogP contribution in [0.15, 0.2) is 17.0 Å². The summed E-state index contributed by atoms with van der Waals surface area (Å²) in [6.07, 6.45) is 0. The van der Waals surface area contributed by atoms with E-state index in [1.807, 2.05) is 7.05 Å². The lowest BCUT2D eigenvalue weighted by Gasteiger charge is -2.32. The van der Waals surface area contributed by atoms with Crippen molar-refractivity contribution in [2.24, 2.45) is 0 Å². The molecule has 1 aromatic carbocycles. The molecule has 6 nitrogen and oxygen atoms in total. The summed E-state index contributed by atoms with van der Waals surface area (Å²) < 4.78 is 38.2. The topological polar surface area (TPSA) is 59.1 Å². The van der Waals surface area contributed by atoms with E-state index >= 15 is 0 Å². The van der Waals surface area contributed by atoms with E-state index in [1.165, 1.54) is 0 Å². The van der Waals surface area contributed by atoms with Crippen molar-refractivity contribution in [1.29, 1.82) is 0 Å². The summed E-state index contributed by atoms with van der Waals surface area (Å²) in [5.41, 5.74) is 0.693. The monoisotopic (exact) mass is 312 g/mol. The molecule has 2 aliphatic rings. The molecule has 3 rings (SSSR count). The van der Waals surface area contributed by atoms with Gasteiger partial charge in [0.1, 0.15) is 13.2 Å². The Kier molecular flexibility index (Phi) is 3.81. The van der Waals surface area contributed by atoms with Gasteiger partial charge in [-0.05, 0) is 25.6 Å². The van der Waals surface area contributed by atoms with Crippen LogP contribution in [0.1, 0.15) is 5.56 Å². The average molecular weight is 312 g/mol. The van der Waals surface area contributed by atoms with Gasteiger partial charge in [-0.2, -0.15) is 4.31 Å². The van der Waals surface area contributed by atoms with Crippen molar-refractivity contribution < 1.29 is 17.9 Å². The van der Waals surface area contributed by atoms with Gasteiger partial charge in [0.2, 0.25) is 10.0 Å². The van der Waals surface area contributed by atoms with Crippen LogP contribution in [0.3, 0.4) is 0 Å². The molecule has 0 unspecified atom stereocenters. The zero-order valence-electron chi connectivity index (χ0n) is 12.3. The minimum Gasteiger partial charge on any atom is -0.486 e. The highest BCUT2D eigenvalue weighted by Gasteiger charge is 2.30. The van der Waals surface area contributed by atoms with Crippen molar-refractivity contribution in [1.82, 2.24) is 9.21 Å². The van der Waals surface area contributed by atoms with Crippen molar-refractivity contribution in [3.05, 3.63) is 17.7 Å². The van der Waals surface area contributed by atoms with Gasteiger partial charge in [-0.1, -0.05) is 0 Å². The van der Waals surface area contributed by atoms with E-state index in [0.29, 0.717) is 48.3 Å². The molecule has 2 aliphatic heterocycles. The maximum atomic E-state index is 12.8. The standard InChI is InChI=1S/C14H20N2O4S/c1-11-9-12-13(20-8-7-19-12)10-14(11)21(17,18)16-5-3-15(2)4-6-16/h9-10H,3-8H2,1-2H3. The second-order valence-electron chi connectivity index (χ2n) is 5.47. The number of hydrogen-bond acceptors (Lipinski definition) is 5. The fourth-order valence-corrected chi connectivity index (χ4v) is 4.26. The molecule has 0 saturated carbocycles. The predicted octanol–water partition coefficient (Wildman–Crippen LogP) is 0.702. The molecule has 0 aliphatic carbocycles. The molecule has 0 bridgehead atoms. The van der Waals surface area contributed by atoms with E-state index in [2.05, 4.69) is 4.90 Å². The molecule has 0 spiro atoms. The van der Waals surface area contributed by atoms with Crippen LogP contribution in [0.4, 0.5) is 0 Å². The van der Waals surface area contributed by atoms with E-state index < -0.39 is 10.0 Å². The molecular formula is C14H20N2O4S. The number of fused-ring (bicyclic) bond motifs is 1. The smallest absolute Gasteiger partial charge is 0.243 e. The molecule has 0 atom stereocenters. The SMILES string of the molecule is Cc1cc2c(cc1S(=O)(=O)N1CCN(C)CC1)OCCO2. The van der Waals surface area contributed by atoms with Crippen molar-refractivity contribution in [2.75, 3.05) is 46.4 Å². The molecule has 1 aromatic rings. The zero-order valence-corrected chi connectivity index (χ0v) is 13.1. The molecule has 21 heavy (non-hydrogen) atoms. The van der Waals surface area contributed by atoms with Gasteiger partial charge in [-0.3, -0.25) is 0 Å². The van der Waals surface area contributed by atoms with E-state index in [9.17, 15) is 8.42 Å². The number of rotatable bonds is 2. The van der Waals surface area contributed by atoms with E-state index in [0.717, 1.165) is 13.1 Å². The molecule has 2 heterocycles. The van der Waals surface area contributed by atoms with Crippen LogP contribution in [-0.2, 0) is 10.0 Å². The third-order valence-electron chi connectivity index (χ3n) is 3.92. The predicted molar refractivity (Wildman–Crippen MR) is 78.4 cm³/mol. The number of aryl methyl sites for hydroxylation is 1. The largest absolute Gasteiger partial charge is 0.486 e. The van der Waals surface area contributed by atoms with Crippen LogP contribution in [0.5, 0.6) is 11.5 Å². The summed E-state index contributed by atoms with van der Waals surface area (Å²) in [5, 5.41) is 0. The minimum atomic E-state index is -3.48. The number of nitrogens with zero attached hydrogens (tertiary/aromatic N) is 2. The quantitative estimate of drug-likeness (QED) is 0.805. The molecule has 1 fully saturated rings. The van der Waals surface area contributed by atoms with Gasteiger partial charge < -0.3 is 14.4 Å². The third-order valence-corrected chi connectivity index (χ3v) is 5.96. The summed E-state index contributed by atoms with van der Waals surface area (Å²) in [6, 6.07) is 3.34. The van der Waals surface area contributed by atoms with Crippen molar-refractivity contribution in [3.63, 3.8) is 0 Å². The minimum absolute atomic E-state index is 0.316. The molecule has 7 heteroatoms. The number of benzene rings is 1. The van der Waals surface area contributed by atoms with Gasteiger partial charge >= 0.3 is 0 Å². The maximum absolute atomic E-state index is 12.8. The lowest BCUT2D eigenvalue weighted by Crippen LogP contribution is -2.47. The Morgan fingerprint density at radius 3 is 2.19 bits per heavy atom. The maximum Gasteiger partial charge on any atom is 0.243 e. The first-order chi connectivity index (χ1) is 9.98. The van der Waals surface area contributed by atoms with Crippen LogP contribution in [-0.4, -0.2) is 64.1 Å². The number of likely N-dealkylation sites (N-methyl/N-ethyl adjacent to an activating group) is 1. The summed E-state index contributed by atoms with van der Waals surface area (Å²) in [7, 11) is -1.48. The first kappa shape index (κ1) is 14.6. The summed E-state index contributed by atoms with van der Waals surface area (Å²) in [6.45, 7) is 5.29. The van der Waals surface area contributed by atoms with E-state index in [4.69, 9.17) is 9.47 Å². The van der Waals surface area contributed by atoms with Gasteiger partial charge in [-0.25, -0.2) is 8.42 Å². The second-order valence-corrected chi connectivity index (χ2v) is 7.38. The summed E-state index contributed by atoms with van der Waals surface area (Å²) in [4.78, 5) is 2.44. The van der Waals surface area contributed by atoms with Crippen LogP contribution in [0, 0.1) is 6.92 Å². The number of ether oxygens (including phenoxy) is 2. The molecule has 1 saturated heterocycles. The fourth-order valence-electron chi connectivity index (χ4n) is 2.62. The molecule has 0 N–H and O–H groups in total. The summed E-state index contributed by atoms with van der Waals surface area (Å²) in [5.74, 6) is 1.13. The van der Waals surface area contributed by atoms with Gasteiger partial charge in [0, 0.05) is 32.2 Å². The Labute approximate surface area is 125 Å². The number of piperazine rings is 1. The van der Waals surface area contributed by atoms with Gasteiger partial charge in [-0.15, -0.1) is 0 Å². The Morgan fingerprint density at radius 2 is 1.57 bits per heavy atom. The molecular weight excluding hydrogens is 292 g/mol. The Balaban J connectivity index is 1.95. The van der Waals surface area contributed by atoms with Crippen molar-refractivity contribution >= 4 is 10.0 Å². The lowest BCUT2D eigenvalue weighted by atomic mass is 10.2. The molecule has 0 amide bonds. The van der Waals surface area contributed by atoms with E-state index in [-0.39, 0.29) is 0 Å². The highest BCUT2D eigenvalue weighted by atomic mass is 32.2. The fraction of sp³-hybridized carbons (Fsp3) is 0.571. The van der Waals surface area contributed by atoms with Gasteiger partial charge in [0.05, 0.1) is 4.90 Å². The van der Waals surface area contributed by atoms with Crippen LogP contribution in [0.2, 0.25) is 0 Å². The Hall–Kier alpha value is -1.31. The van der Waals surface area contributed by atoms with Crippen LogP contribution in [0.25, 0.3) is 0 Å². The average Bonchev–Trinajstić information content (AvgIpc) is 2.47. The normalized spacial score (nSPS) is 20.5.